The summed E-state index contributed by atoms with van der Waals surface area (Å²) in [6, 6.07) is 10.1. The van der Waals surface area contributed by atoms with Crippen molar-refractivity contribution in [3.05, 3.63) is 52.1 Å². The fourth-order valence-electron chi connectivity index (χ4n) is 2.41. The predicted molar refractivity (Wildman–Crippen MR) is 84.1 cm³/mol. The normalized spacial score (nSPS) is 10.9. The molecular formula is C15H15N3OS. The maximum atomic E-state index is 12.5. The number of fused-ring (bicyclic) bond motifs is 1. The molecule has 0 aliphatic heterocycles. The Kier molecular flexibility index (Phi) is 3.06. The molecule has 0 atom stereocenters. The average Bonchev–Trinajstić information content (AvgIpc) is 2.77. The van der Waals surface area contributed by atoms with Gasteiger partial charge in [-0.2, -0.15) is 0 Å². The summed E-state index contributed by atoms with van der Waals surface area (Å²) in [6.07, 6.45) is 0. The summed E-state index contributed by atoms with van der Waals surface area (Å²) in [6.45, 7) is 3.81. The summed E-state index contributed by atoms with van der Waals surface area (Å²) in [5.74, 6) is 0.672. The number of benzene rings is 1. The van der Waals surface area contributed by atoms with Crippen LogP contribution in [-0.2, 0) is 0 Å². The Labute approximate surface area is 120 Å². The van der Waals surface area contributed by atoms with Gasteiger partial charge in [-0.1, -0.05) is 30.3 Å². The molecule has 0 saturated carbocycles. The van der Waals surface area contributed by atoms with E-state index in [1.54, 1.807) is 18.4 Å². The summed E-state index contributed by atoms with van der Waals surface area (Å²) in [5, 5.41) is 0.703. The van der Waals surface area contributed by atoms with Gasteiger partial charge in [0.25, 0.3) is 5.56 Å². The Hall–Kier alpha value is -2.14. The van der Waals surface area contributed by atoms with Crippen molar-refractivity contribution >= 4 is 21.6 Å². The summed E-state index contributed by atoms with van der Waals surface area (Å²) in [5.41, 5.74) is 4.97. The van der Waals surface area contributed by atoms with Crippen LogP contribution in [-0.4, -0.2) is 16.7 Å². The summed E-state index contributed by atoms with van der Waals surface area (Å²) < 4.78 is 1.48. The molecule has 0 radical (unpaired) electrons. The van der Waals surface area contributed by atoms with Gasteiger partial charge in [-0.25, -0.2) is 9.66 Å². The van der Waals surface area contributed by atoms with Crippen LogP contribution in [0.1, 0.15) is 11.4 Å². The third kappa shape index (κ3) is 1.82. The van der Waals surface area contributed by atoms with E-state index in [9.17, 15) is 4.79 Å². The van der Waals surface area contributed by atoms with Crippen molar-refractivity contribution < 1.29 is 0 Å². The standard InChI is InChI=1S/C15H15N3OS/c1-9-12-14(17-10(2)18(16-3)15(12)19)20-13(9)11-7-5-4-6-8-11/h4-8,16H,1-3H3. The van der Waals surface area contributed by atoms with Crippen LogP contribution in [0.3, 0.4) is 0 Å². The van der Waals surface area contributed by atoms with Gasteiger partial charge in [0, 0.05) is 11.9 Å². The van der Waals surface area contributed by atoms with Gasteiger partial charge in [-0.15, -0.1) is 11.3 Å². The molecule has 20 heavy (non-hydrogen) atoms. The van der Waals surface area contributed by atoms with Crippen LogP contribution in [0.15, 0.2) is 35.1 Å². The van der Waals surface area contributed by atoms with Gasteiger partial charge in [0.15, 0.2) is 0 Å². The predicted octanol–water partition coefficient (Wildman–Crippen LogP) is 2.92. The van der Waals surface area contributed by atoms with Crippen LogP contribution in [0.2, 0.25) is 0 Å². The zero-order valence-corrected chi connectivity index (χ0v) is 12.4. The third-order valence-electron chi connectivity index (χ3n) is 3.39. The van der Waals surface area contributed by atoms with Gasteiger partial charge < -0.3 is 5.43 Å². The molecule has 0 aliphatic rings. The van der Waals surface area contributed by atoms with Gasteiger partial charge >= 0.3 is 0 Å². The topological polar surface area (TPSA) is 46.9 Å². The molecule has 0 amide bonds. The Morgan fingerprint density at radius 1 is 1.20 bits per heavy atom. The quantitative estimate of drug-likeness (QED) is 0.787. The van der Waals surface area contributed by atoms with Crippen LogP contribution in [0, 0.1) is 13.8 Å². The molecule has 2 aromatic heterocycles. The van der Waals surface area contributed by atoms with E-state index < -0.39 is 0 Å². The molecule has 3 rings (SSSR count). The van der Waals surface area contributed by atoms with Crippen LogP contribution in [0.25, 0.3) is 20.7 Å². The fourth-order valence-corrected chi connectivity index (χ4v) is 3.64. The number of aromatic nitrogens is 2. The minimum Gasteiger partial charge on any atom is -0.325 e. The second-order valence-electron chi connectivity index (χ2n) is 4.63. The SMILES string of the molecule is CNn1c(C)nc2sc(-c3ccccc3)c(C)c2c1=O. The molecule has 1 aromatic carbocycles. The average molecular weight is 285 g/mol. The number of hydrogen-bond donors (Lipinski definition) is 1. The van der Waals surface area contributed by atoms with Gasteiger partial charge in [0.05, 0.1) is 5.39 Å². The van der Waals surface area contributed by atoms with E-state index in [-0.39, 0.29) is 5.56 Å². The van der Waals surface area contributed by atoms with Crippen LogP contribution in [0.4, 0.5) is 0 Å². The monoisotopic (exact) mass is 285 g/mol. The molecule has 0 saturated heterocycles. The number of thiophene rings is 1. The molecule has 0 spiro atoms. The van der Waals surface area contributed by atoms with Crippen molar-refractivity contribution in [3.63, 3.8) is 0 Å². The highest BCUT2D eigenvalue weighted by Crippen LogP contribution is 2.35. The molecule has 4 nitrogen and oxygen atoms in total. The number of aryl methyl sites for hydroxylation is 2. The van der Waals surface area contributed by atoms with Crippen molar-refractivity contribution in [1.29, 1.82) is 0 Å². The summed E-state index contributed by atoms with van der Waals surface area (Å²) >= 11 is 1.57. The van der Waals surface area contributed by atoms with Crippen molar-refractivity contribution in [2.24, 2.45) is 0 Å². The van der Waals surface area contributed by atoms with Gasteiger partial charge in [0.1, 0.15) is 10.7 Å². The van der Waals surface area contributed by atoms with Crippen molar-refractivity contribution in [2.45, 2.75) is 13.8 Å². The lowest BCUT2D eigenvalue weighted by molar-refractivity contribution is 0.806. The number of hydrogen-bond acceptors (Lipinski definition) is 4. The zero-order chi connectivity index (χ0) is 14.3. The summed E-state index contributed by atoms with van der Waals surface area (Å²) in [4.78, 5) is 19.0. The minimum atomic E-state index is -0.0362. The Balaban J connectivity index is 2.37. The number of rotatable bonds is 2. The lowest BCUT2D eigenvalue weighted by atomic mass is 10.1. The Morgan fingerprint density at radius 3 is 2.55 bits per heavy atom. The van der Waals surface area contributed by atoms with Gasteiger partial charge in [-0.05, 0) is 25.0 Å². The number of nitrogens with zero attached hydrogens (tertiary/aromatic N) is 2. The molecule has 0 unspecified atom stereocenters. The fraction of sp³-hybridized carbons (Fsp3) is 0.200. The summed E-state index contributed by atoms with van der Waals surface area (Å²) in [7, 11) is 1.72. The van der Waals surface area contributed by atoms with E-state index >= 15 is 0 Å². The molecule has 3 aromatic rings. The van der Waals surface area contributed by atoms with E-state index in [1.807, 2.05) is 32.0 Å². The molecule has 2 heterocycles. The lowest BCUT2D eigenvalue weighted by Gasteiger charge is -2.07. The number of nitrogens with one attached hydrogen (secondary N) is 1. The first-order valence-electron chi connectivity index (χ1n) is 6.39. The first-order chi connectivity index (χ1) is 9.63. The molecular weight excluding hydrogens is 270 g/mol. The highest BCUT2D eigenvalue weighted by molar-refractivity contribution is 7.22. The molecule has 1 N–H and O–H groups in total. The Morgan fingerprint density at radius 2 is 1.90 bits per heavy atom. The van der Waals surface area contributed by atoms with Crippen molar-refractivity contribution in [1.82, 2.24) is 9.66 Å². The molecule has 0 fully saturated rings. The lowest BCUT2D eigenvalue weighted by Crippen LogP contribution is -2.29. The highest BCUT2D eigenvalue weighted by Gasteiger charge is 2.16. The largest absolute Gasteiger partial charge is 0.325 e. The van der Waals surface area contributed by atoms with Crippen LogP contribution in [0.5, 0.6) is 0 Å². The smallest absolute Gasteiger partial charge is 0.281 e. The molecule has 5 heteroatoms. The van der Waals surface area contributed by atoms with E-state index in [0.717, 1.165) is 20.8 Å². The maximum Gasteiger partial charge on any atom is 0.281 e. The maximum absolute atomic E-state index is 12.5. The van der Waals surface area contributed by atoms with E-state index in [2.05, 4.69) is 22.5 Å². The van der Waals surface area contributed by atoms with E-state index in [4.69, 9.17) is 0 Å². The zero-order valence-electron chi connectivity index (χ0n) is 11.6. The molecule has 0 bridgehead atoms. The first-order valence-corrected chi connectivity index (χ1v) is 7.21. The first kappa shape index (κ1) is 12.9. The van der Waals surface area contributed by atoms with E-state index in [1.165, 1.54) is 4.68 Å². The van der Waals surface area contributed by atoms with Crippen molar-refractivity contribution in [2.75, 3.05) is 12.5 Å². The van der Waals surface area contributed by atoms with Crippen molar-refractivity contribution in [3.8, 4) is 10.4 Å². The van der Waals surface area contributed by atoms with Crippen LogP contribution < -0.4 is 11.0 Å². The Bertz CT molecular complexity index is 834. The second kappa shape index (κ2) is 4.76. The van der Waals surface area contributed by atoms with Gasteiger partial charge in [-0.3, -0.25) is 4.79 Å². The highest BCUT2D eigenvalue weighted by atomic mass is 32.1. The van der Waals surface area contributed by atoms with Crippen LogP contribution >= 0.6 is 11.3 Å². The minimum absolute atomic E-state index is 0.0362. The van der Waals surface area contributed by atoms with Gasteiger partial charge in [0.2, 0.25) is 0 Å². The molecule has 0 aliphatic carbocycles. The van der Waals surface area contributed by atoms with E-state index in [0.29, 0.717) is 11.2 Å². The third-order valence-corrected chi connectivity index (χ3v) is 4.63. The second-order valence-corrected chi connectivity index (χ2v) is 5.62. The molecule has 102 valence electrons.